The van der Waals surface area contributed by atoms with Crippen molar-refractivity contribution in [3.63, 3.8) is 0 Å². The number of unbranched alkanes of at least 4 members (excludes halogenated alkanes) is 1. The molecule has 0 spiro atoms. The number of likely N-dealkylation sites (N-methyl/N-ethyl adjacent to an activating group) is 1. The fourth-order valence-corrected chi connectivity index (χ4v) is 1.70. The standard InChI is InChI=1S/C14H27N3O/c1-12(2)16-13(18)10-17(5)9-7-6-8-14(3,4)11-15/h12H,6-10H2,1-5H3,(H,16,18). The molecular formula is C14H27N3O. The summed E-state index contributed by atoms with van der Waals surface area (Å²) in [6, 6.07) is 2.50. The Kier molecular flexibility index (Phi) is 7.61. The molecule has 0 aromatic heterocycles. The molecule has 0 aliphatic rings. The molecule has 0 saturated heterocycles. The molecule has 104 valence electrons. The number of rotatable bonds is 8. The van der Waals surface area contributed by atoms with E-state index in [1.807, 2.05) is 39.6 Å². The molecule has 0 rings (SSSR count). The average Bonchev–Trinajstić information content (AvgIpc) is 2.23. The van der Waals surface area contributed by atoms with Gasteiger partial charge in [0, 0.05) is 6.04 Å². The second kappa shape index (κ2) is 8.10. The molecule has 4 nitrogen and oxygen atoms in total. The van der Waals surface area contributed by atoms with Crippen molar-refractivity contribution in [1.29, 1.82) is 5.26 Å². The number of amides is 1. The van der Waals surface area contributed by atoms with Crippen molar-refractivity contribution in [3.05, 3.63) is 0 Å². The molecule has 18 heavy (non-hydrogen) atoms. The number of nitrogens with zero attached hydrogens (tertiary/aromatic N) is 2. The van der Waals surface area contributed by atoms with Gasteiger partial charge < -0.3 is 5.32 Å². The Morgan fingerprint density at radius 2 is 2.00 bits per heavy atom. The van der Waals surface area contributed by atoms with Crippen LogP contribution in [0.4, 0.5) is 0 Å². The normalized spacial score (nSPS) is 11.7. The van der Waals surface area contributed by atoms with E-state index in [2.05, 4.69) is 11.4 Å². The van der Waals surface area contributed by atoms with Gasteiger partial charge in [-0.3, -0.25) is 9.69 Å². The van der Waals surface area contributed by atoms with Crippen LogP contribution in [0, 0.1) is 16.7 Å². The van der Waals surface area contributed by atoms with Crippen molar-refractivity contribution in [2.75, 3.05) is 20.1 Å². The van der Waals surface area contributed by atoms with Gasteiger partial charge in [-0.05, 0) is 54.1 Å². The molecular weight excluding hydrogens is 226 g/mol. The summed E-state index contributed by atoms with van der Waals surface area (Å²) in [4.78, 5) is 13.5. The molecule has 0 radical (unpaired) electrons. The number of carbonyl (C=O) groups is 1. The fraction of sp³-hybridized carbons (Fsp3) is 0.857. The zero-order valence-electron chi connectivity index (χ0n) is 12.4. The zero-order chi connectivity index (χ0) is 14.2. The first kappa shape index (κ1) is 16.9. The van der Waals surface area contributed by atoms with Crippen LogP contribution in [-0.2, 0) is 4.79 Å². The Bertz CT molecular complexity index is 292. The van der Waals surface area contributed by atoms with Crippen molar-refractivity contribution in [3.8, 4) is 6.07 Å². The van der Waals surface area contributed by atoms with Gasteiger partial charge in [-0.25, -0.2) is 0 Å². The maximum absolute atomic E-state index is 11.5. The average molecular weight is 253 g/mol. The lowest BCUT2D eigenvalue weighted by atomic mass is 9.89. The quantitative estimate of drug-likeness (QED) is 0.674. The van der Waals surface area contributed by atoms with Crippen molar-refractivity contribution >= 4 is 5.91 Å². The third-order valence-corrected chi connectivity index (χ3v) is 2.76. The molecule has 0 aliphatic heterocycles. The van der Waals surface area contributed by atoms with Gasteiger partial charge in [0.1, 0.15) is 0 Å². The van der Waals surface area contributed by atoms with Crippen molar-refractivity contribution < 1.29 is 4.79 Å². The van der Waals surface area contributed by atoms with Crippen LogP contribution in [0.5, 0.6) is 0 Å². The first-order valence-corrected chi connectivity index (χ1v) is 6.66. The van der Waals surface area contributed by atoms with E-state index in [4.69, 9.17) is 5.26 Å². The summed E-state index contributed by atoms with van der Waals surface area (Å²) >= 11 is 0. The monoisotopic (exact) mass is 253 g/mol. The highest BCUT2D eigenvalue weighted by atomic mass is 16.2. The van der Waals surface area contributed by atoms with Gasteiger partial charge in [0.15, 0.2) is 0 Å². The van der Waals surface area contributed by atoms with E-state index in [0.717, 1.165) is 25.8 Å². The highest BCUT2D eigenvalue weighted by molar-refractivity contribution is 5.78. The second-order valence-corrected chi connectivity index (χ2v) is 5.91. The summed E-state index contributed by atoms with van der Waals surface area (Å²) in [5, 5.41) is 11.8. The third kappa shape index (κ3) is 9.00. The number of hydrogen-bond donors (Lipinski definition) is 1. The molecule has 1 amide bonds. The van der Waals surface area contributed by atoms with E-state index in [-0.39, 0.29) is 17.4 Å². The van der Waals surface area contributed by atoms with Gasteiger partial charge in [0.25, 0.3) is 0 Å². The highest BCUT2D eigenvalue weighted by Crippen LogP contribution is 2.21. The molecule has 0 atom stereocenters. The van der Waals surface area contributed by atoms with E-state index in [1.54, 1.807) is 0 Å². The number of hydrogen-bond acceptors (Lipinski definition) is 3. The predicted octanol–water partition coefficient (Wildman–Crippen LogP) is 2.16. The SMILES string of the molecule is CC(C)NC(=O)CN(C)CCCCC(C)(C)C#N. The van der Waals surface area contributed by atoms with E-state index < -0.39 is 0 Å². The topological polar surface area (TPSA) is 56.1 Å². The number of nitriles is 1. The molecule has 4 heteroatoms. The van der Waals surface area contributed by atoms with Crippen molar-refractivity contribution in [2.24, 2.45) is 5.41 Å². The van der Waals surface area contributed by atoms with E-state index in [1.165, 1.54) is 0 Å². The van der Waals surface area contributed by atoms with Gasteiger partial charge in [0.2, 0.25) is 5.91 Å². The predicted molar refractivity (Wildman–Crippen MR) is 74.0 cm³/mol. The van der Waals surface area contributed by atoms with Crippen LogP contribution in [0.1, 0.15) is 47.0 Å². The maximum atomic E-state index is 11.5. The van der Waals surface area contributed by atoms with E-state index >= 15 is 0 Å². The molecule has 1 N–H and O–H groups in total. The lowest BCUT2D eigenvalue weighted by Crippen LogP contribution is -2.38. The number of nitrogens with one attached hydrogen (secondary N) is 1. The lowest BCUT2D eigenvalue weighted by molar-refractivity contribution is -0.122. The highest BCUT2D eigenvalue weighted by Gasteiger charge is 2.15. The van der Waals surface area contributed by atoms with E-state index in [0.29, 0.717) is 6.54 Å². The minimum Gasteiger partial charge on any atom is -0.353 e. The van der Waals surface area contributed by atoms with Crippen LogP contribution in [0.3, 0.4) is 0 Å². The van der Waals surface area contributed by atoms with Gasteiger partial charge in [0.05, 0.1) is 18.0 Å². The molecule has 0 heterocycles. The molecule has 0 aliphatic carbocycles. The van der Waals surface area contributed by atoms with Gasteiger partial charge in [-0.1, -0.05) is 6.42 Å². The molecule has 0 unspecified atom stereocenters. The minimum absolute atomic E-state index is 0.0739. The molecule has 0 saturated carbocycles. The Labute approximate surface area is 111 Å². The lowest BCUT2D eigenvalue weighted by Gasteiger charge is -2.19. The van der Waals surface area contributed by atoms with Crippen LogP contribution < -0.4 is 5.32 Å². The number of carbonyl (C=O) groups excluding carboxylic acids is 1. The Morgan fingerprint density at radius 3 is 2.50 bits per heavy atom. The summed E-state index contributed by atoms with van der Waals surface area (Å²) in [6.45, 7) is 9.19. The van der Waals surface area contributed by atoms with Crippen molar-refractivity contribution in [1.82, 2.24) is 10.2 Å². The fourth-order valence-electron chi connectivity index (χ4n) is 1.70. The van der Waals surface area contributed by atoms with Crippen LogP contribution in [0.2, 0.25) is 0 Å². The third-order valence-electron chi connectivity index (χ3n) is 2.76. The van der Waals surface area contributed by atoms with Crippen molar-refractivity contribution in [2.45, 2.75) is 53.0 Å². The van der Waals surface area contributed by atoms with E-state index in [9.17, 15) is 4.79 Å². The second-order valence-electron chi connectivity index (χ2n) is 5.91. The Hall–Kier alpha value is -1.08. The molecule has 0 aromatic rings. The molecule has 0 aromatic carbocycles. The Balaban J connectivity index is 3.69. The summed E-state index contributed by atoms with van der Waals surface area (Å²) in [5.74, 6) is 0.0739. The summed E-state index contributed by atoms with van der Waals surface area (Å²) in [6.07, 6.45) is 2.96. The van der Waals surface area contributed by atoms with Gasteiger partial charge in [-0.2, -0.15) is 5.26 Å². The smallest absolute Gasteiger partial charge is 0.234 e. The first-order valence-electron chi connectivity index (χ1n) is 6.66. The zero-order valence-corrected chi connectivity index (χ0v) is 12.4. The Morgan fingerprint density at radius 1 is 1.39 bits per heavy atom. The van der Waals surface area contributed by atoms with Crippen LogP contribution in [0.15, 0.2) is 0 Å². The summed E-state index contributed by atoms with van der Waals surface area (Å²) in [5.41, 5.74) is -0.229. The molecule has 0 fully saturated rings. The van der Waals surface area contributed by atoms with Crippen LogP contribution >= 0.6 is 0 Å². The summed E-state index contributed by atoms with van der Waals surface area (Å²) < 4.78 is 0. The largest absolute Gasteiger partial charge is 0.353 e. The maximum Gasteiger partial charge on any atom is 0.234 e. The van der Waals surface area contributed by atoms with Crippen LogP contribution in [0.25, 0.3) is 0 Å². The van der Waals surface area contributed by atoms with Gasteiger partial charge >= 0.3 is 0 Å². The van der Waals surface area contributed by atoms with Gasteiger partial charge in [-0.15, -0.1) is 0 Å². The summed E-state index contributed by atoms with van der Waals surface area (Å²) in [7, 11) is 1.95. The van der Waals surface area contributed by atoms with Crippen LogP contribution in [-0.4, -0.2) is 37.0 Å². The molecule has 0 bridgehead atoms. The first-order chi connectivity index (χ1) is 8.26. The minimum atomic E-state index is -0.229.